The Balaban J connectivity index is 1.42. The third-order valence-electron chi connectivity index (χ3n) is 6.40. The van der Waals surface area contributed by atoms with Crippen molar-refractivity contribution in [3.05, 3.63) is 71.0 Å². The minimum atomic E-state index is -0.220. The first-order chi connectivity index (χ1) is 16.0. The summed E-state index contributed by atoms with van der Waals surface area (Å²) >= 11 is 0. The van der Waals surface area contributed by atoms with Gasteiger partial charge in [0.1, 0.15) is 18.4 Å². The Morgan fingerprint density at radius 3 is 2.58 bits per heavy atom. The molecule has 0 aromatic heterocycles. The molecule has 1 aliphatic carbocycles. The van der Waals surface area contributed by atoms with Crippen LogP contribution in [0.4, 0.5) is 0 Å². The van der Waals surface area contributed by atoms with Crippen molar-refractivity contribution in [2.45, 2.75) is 51.2 Å². The Kier molecular flexibility index (Phi) is 7.33. The van der Waals surface area contributed by atoms with Gasteiger partial charge in [-0.15, -0.1) is 0 Å². The quantitative estimate of drug-likeness (QED) is 0.653. The van der Waals surface area contributed by atoms with Crippen molar-refractivity contribution in [3.8, 4) is 5.75 Å². The van der Waals surface area contributed by atoms with Gasteiger partial charge in [-0.1, -0.05) is 48.4 Å². The van der Waals surface area contributed by atoms with Crippen molar-refractivity contribution in [2.75, 3.05) is 20.2 Å². The summed E-state index contributed by atoms with van der Waals surface area (Å²) in [5.74, 6) is 0.702. The molecule has 0 radical (unpaired) electrons. The van der Waals surface area contributed by atoms with Crippen LogP contribution in [0, 0.1) is 6.92 Å². The van der Waals surface area contributed by atoms with Gasteiger partial charge in [0.25, 0.3) is 5.91 Å². The van der Waals surface area contributed by atoms with E-state index < -0.39 is 0 Å². The summed E-state index contributed by atoms with van der Waals surface area (Å²) in [6, 6.07) is 15.7. The van der Waals surface area contributed by atoms with Crippen LogP contribution in [-0.2, 0) is 20.7 Å². The molecule has 2 unspecified atom stereocenters. The van der Waals surface area contributed by atoms with E-state index in [1.807, 2.05) is 24.3 Å². The Labute approximate surface area is 195 Å². The van der Waals surface area contributed by atoms with E-state index >= 15 is 0 Å². The number of hydrogen-bond acceptors (Lipinski definition) is 4. The molecule has 1 saturated heterocycles. The van der Waals surface area contributed by atoms with Gasteiger partial charge in [-0.05, 0) is 61.9 Å². The highest BCUT2D eigenvalue weighted by Gasteiger charge is 2.42. The Morgan fingerprint density at radius 2 is 1.85 bits per heavy atom. The number of nitrogens with zero attached hydrogens (tertiary/aromatic N) is 1. The number of morpholine rings is 1. The maximum Gasteiger partial charge on any atom is 0.289 e. The molecule has 1 aliphatic heterocycles. The van der Waals surface area contributed by atoms with Crippen LogP contribution in [0.2, 0.25) is 0 Å². The molecule has 174 valence electrons. The fourth-order valence-corrected chi connectivity index (χ4v) is 4.52. The maximum atomic E-state index is 13.3. The van der Waals surface area contributed by atoms with Crippen LogP contribution in [-0.4, -0.2) is 49.1 Å². The maximum absolute atomic E-state index is 13.3. The van der Waals surface area contributed by atoms with Gasteiger partial charge in [0.2, 0.25) is 5.91 Å². The zero-order valence-electron chi connectivity index (χ0n) is 19.4. The van der Waals surface area contributed by atoms with E-state index in [0.29, 0.717) is 12.3 Å². The zero-order valence-corrected chi connectivity index (χ0v) is 19.4. The highest BCUT2D eigenvalue weighted by molar-refractivity contribution is 5.98. The summed E-state index contributed by atoms with van der Waals surface area (Å²) in [5.41, 5.74) is 3.26. The highest BCUT2D eigenvalue weighted by atomic mass is 16.5. The van der Waals surface area contributed by atoms with Crippen molar-refractivity contribution < 1.29 is 19.1 Å². The summed E-state index contributed by atoms with van der Waals surface area (Å²) in [5, 5.41) is 2.98. The number of amides is 2. The van der Waals surface area contributed by atoms with E-state index in [4.69, 9.17) is 9.47 Å². The molecule has 2 aliphatic rings. The lowest BCUT2D eigenvalue weighted by Crippen LogP contribution is -2.57. The van der Waals surface area contributed by atoms with E-state index in [0.717, 1.165) is 43.4 Å². The lowest BCUT2D eigenvalue weighted by Gasteiger charge is -2.44. The van der Waals surface area contributed by atoms with Crippen LogP contribution < -0.4 is 10.1 Å². The van der Waals surface area contributed by atoms with E-state index in [1.165, 1.54) is 11.1 Å². The number of carbonyl (C=O) groups excluding carboxylic acids is 2. The fourth-order valence-electron chi connectivity index (χ4n) is 4.52. The van der Waals surface area contributed by atoms with Crippen molar-refractivity contribution >= 4 is 17.9 Å². The second-order valence-electron chi connectivity index (χ2n) is 8.81. The topological polar surface area (TPSA) is 67.9 Å². The molecular formula is C27H32N2O4. The predicted molar refractivity (Wildman–Crippen MR) is 128 cm³/mol. The van der Waals surface area contributed by atoms with Gasteiger partial charge in [-0.25, -0.2) is 0 Å². The SMILES string of the molecule is COc1ccc(/C=C2\OC3CCCCC3N(CC(=O)NCCc3ccc(C)cc3)C2=O)cc1. The first-order valence-electron chi connectivity index (χ1n) is 11.7. The molecule has 2 atom stereocenters. The molecule has 2 amide bonds. The summed E-state index contributed by atoms with van der Waals surface area (Å²) in [7, 11) is 1.62. The molecule has 1 saturated carbocycles. The molecular weight excluding hydrogens is 416 g/mol. The highest BCUT2D eigenvalue weighted by Crippen LogP contribution is 2.33. The van der Waals surface area contributed by atoms with Crippen molar-refractivity contribution in [1.82, 2.24) is 10.2 Å². The fraction of sp³-hybridized carbons (Fsp3) is 0.407. The third-order valence-corrected chi connectivity index (χ3v) is 6.40. The molecule has 2 aromatic rings. The van der Waals surface area contributed by atoms with Gasteiger partial charge in [0.05, 0.1) is 13.2 Å². The van der Waals surface area contributed by atoms with E-state index in [9.17, 15) is 9.59 Å². The number of methoxy groups -OCH3 is 1. The monoisotopic (exact) mass is 448 g/mol. The number of carbonyl (C=O) groups is 2. The van der Waals surface area contributed by atoms with Crippen LogP contribution in [0.15, 0.2) is 54.3 Å². The van der Waals surface area contributed by atoms with Crippen LogP contribution in [0.5, 0.6) is 5.75 Å². The number of aryl methyl sites for hydroxylation is 1. The number of benzene rings is 2. The summed E-state index contributed by atoms with van der Waals surface area (Å²) in [4.78, 5) is 27.7. The van der Waals surface area contributed by atoms with Gasteiger partial charge in [-0.3, -0.25) is 9.59 Å². The third kappa shape index (κ3) is 5.75. The average molecular weight is 449 g/mol. The molecule has 6 nitrogen and oxygen atoms in total. The van der Waals surface area contributed by atoms with Crippen molar-refractivity contribution in [3.63, 3.8) is 0 Å². The van der Waals surface area contributed by atoms with E-state index in [-0.39, 0.29) is 30.5 Å². The molecule has 1 heterocycles. The Hall–Kier alpha value is -3.28. The lowest BCUT2D eigenvalue weighted by molar-refractivity contribution is -0.151. The van der Waals surface area contributed by atoms with Gasteiger partial charge in [0.15, 0.2) is 5.76 Å². The second kappa shape index (κ2) is 10.6. The number of hydrogen-bond donors (Lipinski definition) is 1. The second-order valence-corrected chi connectivity index (χ2v) is 8.81. The first kappa shape index (κ1) is 22.9. The lowest BCUT2D eigenvalue weighted by atomic mass is 9.89. The molecule has 33 heavy (non-hydrogen) atoms. The molecule has 2 fully saturated rings. The summed E-state index contributed by atoms with van der Waals surface area (Å²) in [6.45, 7) is 2.65. The molecule has 2 aromatic carbocycles. The number of fused-ring (bicyclic) bond motifs is 1. The molecule has 0 bridgehead atoms. The van der Waals surface area contributed by atoms with Crippen LogP contribution in [0.3, 0.4) is 0 Å². The van der Waals surface area contributed by atoms with Crippen LogP contribution in [0.1, 0.15) is 42.4 Å². The van der Waals surface area contributed by atoms with Gasteiger partial charge >= 0.3 is 0 Å². The normalized spacial score (nSPS) is 21.3. The number of nitrogens with one attached hydrogen (secondary N) is 1. The Bertz CT molecular complexity index is 998. The van der Waals surface area contributed by atoms with Crippen LogP contribution >= 0.6 is 0 Å². The van der Waals surface area contributed by atoms with Gasteiger partial charge in [-0.2, -0.15) is 0 Å². The smallest absolute Gasteiger partial charge is 0.289 e. The molecule has 6 heteroatoms. The van der Waals surface area contributed by atoms with E-state index in [2.05, 4.69) is 36.5 Å². The molecule has 1 N–H and O–H groups in total. The minimum Gasteiger partial charge on any atom is -0.497 e. The minimum absolute atomic E-state index is 0.0528. The molecule has 4 rings (SSSR count). The molecule has 0 spiro atoms. The summed E-state index contributed by atoms with van der Waals surface area (Å²) < 4.78 is 11.3. The van der Waals surface area contributed by atoms with Crippen molar-refractivity contribution in [2.24, 2.45) is 0 Å². The standard InChI is InChI=1S/C27H32N2O4/c1-19-7-9-20(10-8-19)15-16-28-26(30)18-29-23-5-3-4-6-24(23)33-25(27(29)31)17-21-11-13-22(32-2)14-12-21/h7-14,17,23-24H,3-6,15-16,18H2,1-2H3,(H,28,30)/b25-17-. The number of rotatable bonds is 7. The van der Waals surface area contributed by atoms with Crippen molar-refractivity contribution in [1.29, 1.82) is 0 Å². The van der Waals surface area contributed by atoms with Gasteiger partial charge < -0.3 is 19.7 Å². The predicted octanol–water partition coefficient (Wildman–Crippen LogP) is 3.87. The summed E-state index contributed by atoms with van der Waals surface area (Å²) in [6.07, 6.45) is 6.32. The zero-order chi connectivity index (χ0) is 23.2. The van der Waals surface area contributed by atoms with Crippen LogP contribution in [0.25, 0.3) is 6.08 Å². The Morgan fingerprint density at radius 1 is 1.12 bits per heavy atom. The van der Waals surface area contributed by atoms with E-state index in [1.54, 1.807) is 18.1 Å². The average Bonchev–Trinajstić information content (AvgIpc) is 2.83. The number of ether oxygens (including phenoxy) is 2. The first-order valence-corrected chi connectivity index (χ1v) is 11.7. The van der Waals surface area contributed by atoms with Gasteiger partial charge in [0, 0.05) is 6.54 Å². The largest absolute Gasteiger partial charge is 0.497 e.